The lowest BCUT2D eigenvalue weighted by molar-refractivity contribution is 0.193. The number of piperazine rings is 1. The zero-order chi connectivity index (χ0) is 18.6. The molecule has 6 heteroatoms. The molecule has 27 heavy (non-hydrogen) atoms. The molecule has 1 aromatic heterocycles. The minimum absolute atomic E-state index is 0.414. The molecule has 0 aliphatic carbocycles. The molecule has 2 saturated heterocycles. The molecule has 3 heterocycles. The summed E-state index contributed by atoms with van der Waals surface area (Å²) in [4.78, 5) is 14.2. The second kappa shape index (κ2) is 8.23. The number of aromatic nitrogens is 2. The van der Waals surface area contributed by atoms with Crippen LogP contribution in [0.3, 0.4) is 0 Å². The van der Waals surface area contributed by atoms with Gasteiger partial charge in [-0.05, 0) is 19.4 Å². The molecule has 0 amide bonds. The molecular weight excluding hydrogens is 340 g/mol. The second-order valence-electron chi connectivity index (χ2n) is 7.33. The number of benzene rings is 1. The Balaban J connectivity index is 1.40. The van der Waals surface area contributed by atoms with E-state index in [2.05, 4.69) is 33.0 Å². The van der Waals surface area contributed by atoms with Crippen LogP contribution >= 0.6 is 0 Å². The van der Waals surface area contributed by atoms with Gasteiger partial charge < -0.3 is 14.4 Å². The minimum Gasteiger partial charge on any atom is -0.496 e. The smallest absolute Gasteiger partial charge is 0.132 e. The summed E-state index contributed by atoms with van der Waals surface area (Å²) < 4.78 is 11.0. The summed E-state index contributed by atoms with van der Waals surface area (Å²) in [5.74, 6) is 3.29. The Morgan fingerprint density at radius 2 is 1.96 bits per heavy atom. The molecule has 2 fully saturated rings. The maximum Gasteiger partial charge on any atom is 0.132 e. The van der Waals surface area contributed by atoms with Crippen molar-refractivity contribution in [1.82, 2.24) is 14.9 Å². The number of para-hydroxylation sites is 1. The van der Waals surface area contributed by atoms with E-state index in [0.29, 0.717) is 5.92 Å². The van der Waals surface area contributed by atoms with E-state index in [1.54, 1.807) is 7.11 Å². The van der Waals surface area contributed by atoms with Gasteiger partial charge in [0.15, 0.2) is 0 Å². The fraction of sp³-hybridized carbons (Fsp3) is 0.524. The molecule has 4 rings (SSSR count). The fourth-order valence-electron chi connectivity index (χ4n) is 3.92. The van der Waals surface area contributed by atoms with E-state index in [9.17, 15) is 0 Å². The van der Waals surface area contributed by atoms with E-state index in [1.165, 1.54) is 5.56 Å². The van der Waals surface area contributed by atoms with Crippen molar-refractivity contribution in [2.75, 3.05) is 51.4 Å². The Morgan fingerprint density at radius 3 is 2.70 bits per heavy atom. The zero-order valence-corrected chi connectivity index (χ0v) is 16.2. The third kappa shape index (κ3) is 4.22. The lowest BCUT2D eigenvalue weighted by Crippen LogP contribution is -2.46. The first-order chi connectivity index (χ1) is 13.2. The van der Waals surface area contributed by atoms with Crippen LogP contribution < -0.4 is 9.64 Å². The molecule has 0 N–H and O–H groups in total. The number of anilines is 1. The Labute approximate surface area is 161 Å². The highest BCUT2D eigenvalue weighted by Crippen LogP contribution is 2.27. The molecule has 0 spiro atoms. The van der Waals surface area contributed by atoms with Crippen molar-refractivity contribution in [3.8, 4) is 5.75 Å². The van der Waals surface area contributed by atoms with Crippen LogP contribution in [0.4, 0.5) is 5.82 Å². The molecule has 1 atom stereocenters. The topological polar surface area (TPSA) is 50.7 Å². The van der Waals surface area contributed by atoms with Crippen LogP contribution in [-0.4, -0.2) is 61.4 Å². The molecular formula is C21H28N4O2. The maximum absolute atomic E-state index is 5.54. The van der Waals surface area contributed by atoms with E-state index in [1.807, 2.05) is 19.1 Å². The molecule has 1 unspecified atom stereocenters. The number of rotatable bonds is 5. The SMILES string of the molecule is COc1ccccc1CN1CCN(c2cc(C3CCOC3)nc(C)n2)CC1. The molecule has 0 saturated carbocycles. The van der Waals surface area contributed by atoms with Crippen molar-refractivity contribution in [3.63, 3.8) is 0 Å². The number of hydrogen-bond donors (Lipinski definition) is 0. The molecule has 6 nitrogen and oxygen atoms in total. The number of methoxy groups -OCH3 is 1. The van der Waals surface area contributed by atoms with Gasteiger partial charge in [0, 0.05) is 56.9 Å². The van der Waals surface area contributed by atoms with Crippen LogP contribution in [-0.2, 0) is 11.3 Å². The number of hydrogen-bond acceptors (Lipinski definition) is 6. The molecule has 144 valence electrons. The highest BCUT2D eigenvalue weighted by molar-refractivity contribution is 5.41. The predicted octanol–water partition coefficient (Wildman–Crippen LogP) is 2.62. The van der Waals surface area contributed by atoms with Gasteiger partial charge in [0.25, 0.3) is 0 Å². The molecule has 0 radical (unpaired) electrons. The third-order valence-electron chi connectivity index (χ3n) is 5.47. The lowest BCUT2D eigenvalue weighted by atomic mass is 10.0. The van der Waals surface area contributed by atoms with Crippen LogP contribution in [0.2, 0.25) is 0 Å². The highest BCUT2D eigenvalue weighted by Gasteiger charge is 2.23. The standard InChI is InChI=1S/C21H28N4O2/c1-16-22-19(18-7-12-27-15-18)13-21(23-16)25-10-8-24(9-11-25)14-17-5-3-4-6-20(17)26-2/h3-6,13,18H,7-12,14-15H2,1-2H3. The van der Waals surface area contributed by atoms with Gasteiger partial charge in [0.05, 0.1) is 19.4 Å². The Hall–Kier alpha value is -2.18. The van der Waals surface area contributed by atoms with Crippen molar-refractivity contribution >= 4 is 5.82 Å². The van der Waals surface area contributed by atoms with Crippen molar-refractivity contribution in [2.45, 2.75) is 25.8 Å². The van der Waals surface area contributed by atoms with Crippen molar-refractivity contribution in [3.05, 3.63) is 47.4 Å². The van der Waals surface area contributed by atoms with Gasteiger partial charge in [-0.15, -0.1) is 0 Å². The average Bonchev–Trinajstić information content (AvgIpc) is 3.23. The number of aryl methyl sites for hydroxylation is 1. The summed E-state index contributed by atoms with van der Waals surface area (Å²) in [5.41, 5.74) is 2.38. The van der Waals surface area contributed by atoms with Crippen LogP contribution in [0.1, 0.15) is 29.4 Å². The van der Waals surface area contributed by atoms with Crippen molar-refractivity contribution < 1.29 is 9.47 Å². The van der Waals surface area contributed by atoms with Crippen molar-refractivity contribution in [1.29, 1.82) is 0 Å². The summed E-state index contributed by atoms with van der Waals surface area (Å²) >= 11 is 0. The number of ether oxygens (including phenoxy) is 2. The summed E-state index contributed by atoms with van der Waals surface area (Å²) in [6.45, 7) is 8.52. The van der Waals surface area contributed by atoms with Gasteiger partial charge in [0.1, 0.15) is 17.4 Å². The lowest BCUT2D eigenvalue weighted by Gasteiger charge is -2.35. The average molecular weight is 368 g/mol. The zero-order valence-electron chi connectivity index (χ0n) is 16.2. The summed E-state index contributed by atoms with van der Waals surface area (Å²) in [7, 11) is 1.74. The van der Waals surface area contributed by atoms with Gasteiger partial charge >= 0.3 is 0 Å². The van der Waals surface area contributed by atoms with Crippen LogP contribution in [0, 0.1) is 6.92 Å². The van der Waals surface area contributed by atoms with E-state index >= 15 is 0 Å². The maximum atomic E-state index is 5.54. The van der Waals surface area contributed by atoms with Gasteiger partial charge in [0.2, 0.25) is 0 Å². The van der Waals surface area contributed by atoms with Crippen LogP contribution in [0.25, 0.3) is 0 Å². The first kappa shape index (κ1) is 18.2. The summed E-state index contributed by atoms with van der Waals surface area (Å²) in [6.07, 6.45) is 1.06. The van der Waals surface area contributed by atoms with Gasteiger partial charge in [-0.1, -0.05) is 18.2 Å². The van der Waals surface area contributed by atoms with Crippen molar-refractivity contribution in [2.24, 2.45) is 0 Å². The molecule has 1 aromatic carbocycles. The summed E-state index contributed by atoms with van der Waals surface area (Å²) in [6, 6.07) is 10.4. The largest absolute Gasteiger partial charge is 0.496 e. The van der Waals surface area contributed by atoms with Crippen LogP contribution in [0.15, 0.2) is 30.3 Å². The second-order valence-corrected chi connectivity index (χ2v) is 7.33. The van der Waals surface area contributed by atoms with E-state index in [-0.39, 0.29) is 0 Å². The molecule has 2 aliphatic rings. The monoisotopic (exact) mass is 368 g/mol. The fourth-order valence-corrected chi connectivity index (χ4v) is 3.92. The molecule has 0 bridgehead atoms. The Bertz CT molecular complexity index is 769. The first-order valence-corrected chi connectivity index (χ1v) is 9.75. The predicted molar refractivity (Wildman–Crippen MR) is 105 cm³/mol. The van der Waals surface area contributed by atoms with Gasteiger partial charge in [-0.2, -0.15) is 0 Å². The Morgan fingerprint density at radius 1 is 1.15 bits per heavy atom. The summed E-state index contributed by atoms with van der Waals surface area (Å²) in [5, 5.41) is 0. The van der Waals surface area contributed by atoms with Gasteiger partial charge in [-0.3, -0.25) is 4.90 Å². The minimum atomic E-state index is 0.414. The molecule has 2 aromatic rings. The quantitative estimate of drug-likeness (QED) is 0.809. The molecule has 2 aliphatic heterocycles. The van der Waals surface area contributed by atoms with E-state index < -0.39 is 0 Å². The van der Waals surface area contributed by atoms with Gasteiger partial charge in [-0.25, -0.2) is 9.97 Å². The van der Waals surface area contributed by atoms with E-state index in [0.717, 1.165) is 75.4 Å². The normalized spacial score (nSPS) is 20.8. The van der Waals surface area contributed by atoms with Crippen LogP contribution in [0.5, 0.6) is 5.75 Å². The highest BCUT2D eigenvalue weighted by atomic mass is 16.5. The number of nitrogens with zero attached hydrogens (tertiary/aromatic N) is 4. The van der Waals surface area contributed by atoms with E-state index in [4.69, 9.17) is 14.5 Å². The first-order valence-electron chi connectivity index (χ1n) is 9.75. The Kier molecular flexibility index (Phi) is 5.55. The third-order valence-corrected chi connectivity index (χ3v) is 5.47.